The number of carbonyl (C=O) groups is 2. The Balaban J connectivity index is 0.00000461. The number of benzene rings is 2. The number of allylic oxidation sites excluding steroid dienone is 2. The van der Waals surface area contributed by atoms with E-state index in [1.807, 2.05) is 0 Å². The molecule has 2 aliphatic rings. The lowest BCUT2D eigenvalue weighted by Gasteiger charge is -2.26. The summed E-state index contributed by atoms with van der Waals surface area (Å²) < 4.78 is 39.6. The van der Waals surface area contributed by atoms with Crippen LogP contribution in [0.15, 0.2) is 79.0 Å². The predicted molar refractivity (Wildman–Crippen MR) is 164 cm³/mol. The number of hydrogen-bond donors (Lipinski definition) is 5. The van der Waals surface area contributed by atoms with E-state index in [1.54, 1.807) is 36.4 Å². The summed E-state index contributed by atoms with van der Waals surface area (Å²) in [6.07, 6.45) is 1.35. The van der Waals surface area contributed by atoms with Crippen LogP contribution in [0, 0.1) is 0 Å². The first-order chi connectivity index (χ1) is 20.9. The summed E-state index contributed by atoms with van der Waals surface area (Å²) in [5, 5.41) is 37.5. The molecule has 0 radical (unpaired) electrons. The van der Waals surface area contributed by atoms with Crippen LogP contribution in [-0.4, -0.2) is 56.5 Å². The van der Waals surface area contributed by atoms with Crippen LogP contribution < -0.4 is 10.6 Å². The Bertz CT molecular complexity index is 1600. The normalized spacial score (nSPS) is 21.0. The van der Waals surface area contributed by atoms with Crippen LogP contribution >= 0.6 is 12.4 Å². The summed E-state index contributed by atoms with van der Waals surface area (Å²) in [7, 11) is 0. The molecule has 2 aromatic carbocycles. The summed E-state index contributed by atoms with van der Waals surface area (Å²) in [4.78, 5) is 29.1. The van der Waals surface area contributed by atoms with Crippen molar-refractivity contribution in [3.8, 4) is 0 Å². The molecule has 3 aromatic rings. The predicted octanol–water partition coefficient (Wildman–Crippen LogP) is 5.07. The number of nitrogens with zero attached hydrogens (tertiary/aromatic N) is 2. The first-order valence-electron chi connectivity index (χ1n) is 14.0. The van der Waals surface area contributed by atoms with Gasteiger partial charge in [0, 0.05) is 54.3 Å². The molecule has 1 aromatic heterocycles. The summed E-state index contributed by atoms with van der Waals surface area (Å²) in [6, 6.07) is 12.9. The standard InChI is InChI=1S/C32H31F3N4O5.ClH/c33-32(34,35)22-11-8-20(9-12-22)23(21-10-13-28(36-19-21)31(43)14-3-16-39(44)17-15-31)4-1-7-29(41)37-25-5-2-6-26-24(25)18-27(40)30(42)38-26;/h1-2,4-13,19,27,40,43-44H,3,14-18H2,(H,37,41)(H,38,42);1H/b7-1+,23-4+;. The Morgan fingerprint density at radius 1 is 1.07 bits per heavy atom. The molecule has 5 N–H and O–H groups in total. The van der Waals surface area contributed by atoms with Gasteiger partial charge in [0.1, 0.15) is 11.7 Å². The second-order valence-corrected chi connectivity index (χ2v) is 10.8. The van der Waals surface area contributed by atoms with Crippen molar-refractivity contribution in [1.29, 1.82) is 0 Å². The van der Waals surface area contributed by atoms with Crippen molar-refractivity contribution in [1.82, 2.24) is 10.0 Å². The van der Waals surface area contributed by atoms with Crippen molar-refractivity contribution in [3.63, 3.8) is 0 Å². The Labute approximate surface area is 263 Å². The number of rotatable bonds is 6. The number of alkyl halides is 3. The number of halogens is 4. The van der Waals surface area contributed by atoms with Crippen LogP contribution in [0.2, 0.25) is 0 Å². The lowest BCUT2D eigenvalue weighted by Crippen LogP contribution is -2.34. The molecule has 238 valence electrons. The molecule has 1 saturated heterocycles. The van der Waals surface area contributed by atoms with Crippen LogP contribution in [0.1, 0.15) is 47.2 Å². The second-order valence-electron chi connectivity index (χ2n) is 10.8. The molecular formula is C32H32ClF3N4O5. The number of aliphatic hydroxyl groups is 2. The van der Waals surface area contributed by atoms with Crippen molar-refractivity contribution >= 4 is 41.2 Å². The molecular weight excluding hydrogens is 613 g/mol. The average Bonchev–Trinajstić information content (AvgIpc) is 3.17. The zero-order valence-corrected chi connectivity index (χ0v) is 24.7. The molecule has 2 amide bonds. The summed E-state index contributed by atoms with van der Waals surface area (Å²) >= 11 is 0. The Hall–Kier alpha value is -4.07. The zero-order valence-electron chi connectivity index (χ0n) is 23.9. The second kappa shape index (κ2) is 13.9. The Morgan fingerprint density at radius 2 is 1.80 bits per heavy atom. The number of fused-ring (bicyclic) bond motifs is 1. The third-order valence-electron chi connectivity index (χ3n) is 7.77. The molecule has 2 aliphatic heterocycles. The van der Waals surface area contributed by atoms with Gasteiger partial charge in [0.25, 0.3) is 5.91 Å². The number of aliphatic hydroxyl groups excluding tert-OH is 1. The highest BCUT2D eigenvalue weighted by molar-refractivity contribution is 6.03. The molecule has 45 heavy (non-hydrogen) atoms. The maximum absolute atomic E-state index is 13.2. The van der Waals surface area contributed by atoms with Crippen LogP contribution in [-0.2, 0) is 27.8 Å². The van der Waals surface area contributed by atoms with Gasteiger partial charge in [0.2, 0.25) is 5.91 Å². The van der Waals surface area contributed by atoms with Crippen molar-refractivity contribution in [2.75, 3.05) is 23.7 Å². The van der Waals surface area contributed by atoms with Crippen LogP contribution in [0.25, 0.3) is 5.57 Å². The highest BCUT2D eigenvalue weighted by Gasteiger charge is 2.33. The van der Waals surface area contributed by atoms with Crippen molar-refractivity contribution in [2.45, 2.75) is 43.6 Å². The van der Waals surface area contributed by atoms with Gasteiger partial charge in [-0.1, -0.05) is 36.4 Å². The quantitative estimate of drug-likeness (QED) is 0.187. The fourth-order valence-electron chi connectivity index (χ4n) is 5.34. The van der Waals surface area contributed by atoms with E-state index in [-0.39, 0.29) is 31.8 Å². The summed E-state index contributed by atoms with van der Waals surface area (Å²) in [5.74, 6) is -1.03. The molecule has 2 atom stereocenters. The van der Waals surface area contributed by atoms with E-state index >= 15 is 0 Å². The zero-order chi connectivity index (χ0) is 31.5. The van der Waals surface area contributed by atoms with Gasteiger partial charge in [-0.15, -0.1) is 12.4 Å². The van der Waals surface area contributed by atoms with E-state index in [0.29, 0.717) is 58.7 Å². The number of pyridine rings is 1. The number of nitrogens with one attached hydrogen (secondary N) is 2. The smallest absolute Gasteiger partial charge is 0.384 e. The SMILES string of the molecule is Cl.O=C(/C=C/C=C(\c1ccc(C(F)(F)F)cc1)c1ccc(C2(O)CCCN(O)CC2)nc1)Nc1cccc2c1CC(O)C(=O)N2. The number of amides is 2. The van der Waals surface area contributed by atoms with Gasteiger partial charge >= 0.3 is 6.18 Å². The molecule has 0 spiro atoms. The van der Waals surface area contributed by atoms with E-state index in [4.69, 9.17) is 0 Å². The van der Waals surface area contributed by atoms with Crippen molar-refractivity contribution < 1.29 is 38.2 Å². The third-order valence-corrected chi connectivity index (χ3v) is 7.77. The first-order valence-corrected chi connectivity index (χ1v) is 14.0. The number of hydroxylamine groups is 2. The molecule has 5 rings (SSSR count). The molecule has 1 fully saturated rings. The van der Waals surface area contributed by atoms with E-state index in [1.165, 1.54) is 30.5 Å². The van der Waals surface area contributed by atoms with Gasteiger partial charge in [-0.25, -0.2) is 0 Å². The van der Waals surface area contributed by atoms with Crippen molar-refractivity contribution in [3.05, 3.63) is 107 Å². The molecule has 0 saturated carbocycles. The maximum Gasteiger partial charge on any atom is 0.416 e. The summed E-state index contributed by atoms with van der Waals surface area (Å²) in [6.45, 7) is 0.719. The largest absolute Gasteiger partial charge is 0.416 e. The average molecular weight is 645 g/mol. The Kier molecular flexibility index (Phi) is 10.5. The van der Waals surface area contributed by atoms with Crippen molar-refractivity contribution in [2.24, 2.45) is 0 Å². The van der Waals surface area contributed by atoms with E-state index in [9.17, 15) is 38.2 Å². The highest BCUT2D eigenvalue weighted by Crippen LogP contribution is 2.34. The molecule has 0 aliphatic carbocycles. The van der Waals surface area contributed by atoms with E-state index in [0.717, 1.165) is 17.2 Å². The lowest BCUT2D eigenvalue weighted by atomic mass is 9.89. The molecule has 9 nitrogen and oxygen atoms in total. The minimum atomic E-state index is -4.50. The minimum absolute atomic E-state index is 0. The van der Waals surface area contributed by atoms with Gasteiger partial charge in [0.15, 0.2) is 0 Å². The number of carbonyl (C=O) groups excluding carboxylic acids is 2. The molecule has 2 unspecified atom stereocenters. The van der Waals surface area contributed by atoms with Gasteiger partial charge in [-0.3, -0.25) is 14.6 Å². The van der Waals surface area contributed by atoms with Gasteiger partial charge in [0.05, 0.1) is 11.3 Å². The number of aromatic nitrogens is 1. The third kappa shape index (κ3) is 7.96. The molecule has 13 heteroatoms. The van der Waals surface area contributed by atoms with Crippen LogP contribution in [0.3, 0.4) is 0 Å². The molecule has 3 heterocycles. The van der Waals surface area contributed by atoms with Crippen LogP contribution in [0.4, 0.5) is 24.5 Å². The van der Waals surface area contributed by atoms with Crippen LogP contribution in [0.5, 0.6) is 0 Å². The number of hydrogen-bond acceptors (Lipinski definition) is 7. The number of anilines is 2. The Morgan fingerprint density at radius 3 is 2.49 bits per heavy atom. The summed E-state index contributed by atoms with van der Waals surface area (Å²) in [5.41, 5.74) is 1.35. The first kappa shape index (κ1) is 33.8. The minimum Gasteiger partial charge on any atom is -0.384 e. The maximum atomic E-state index is 13.2. The molecule has 0 bridgehead atoms. The fourth-order valence-corrected chi connectivity index (χ4v) is 5.34. The fraction of sp³-hybridized carbons (Fsp3) is 0.281. The topological polar surface area (TPSA) is 135 Å². The monoisotopic (exact) mass is 644 g/mol. The van der Waals surface area contributed by atoms with Gasteiger partial charge in [-0.2, -0.15) is 18.2 Å². The lowest BCUT2D eigenvalue weighted by molar-refractivity contribution is -0.137. The van der Waals surface area contributed by atoms with E-state index in [2.05, 4.69) is 15.6 Å². The highest BCUT2D eigenvalue weighted by atomic mass is 35.5. The van der Waals surface area contributed by atoms with Gasteiger partial charge < -0.3 is 26.1 Å². The van der Waals surface area contributed by atoms with Gasteiger partial charge in [-0.05, 0) is 60.7 Å². The van der Waals surface area contributed by atoms with E-state index < -0.39 is 35.3 Å².